The molecule has 4 rings (SSSR count). The summed E-state index contributed by atoms with van der Waals surface area (Å²) in [5.41, 5.74) is 2.50. The Balaban J connectivity index is 1.33. The van der Waals surface area contributed by atoms with Crippen molar-refractivity contribution in [1.82, 2.24) is 0 Å². The van der Waals surface area contributed by atoms with Crippen LogP contribution in [0, 0.1) is 46.3 Å². The first-order chi connectivity index (χ1) is 17.5. The summed E-state index contributed by atoms with van der Waals surface area (Å²) in [4.78, 5) is 10.7. The molecule has 0 bridgehead atoms. The number of aliphatic carboxylic acids is 1. The van der Waals surface area contributed by atoms with E-state index < -0.39 is 17.1 Å². The van der Waals surface area contributed by atoms with Crippen LogP contribution in [0.15, 0.2) is 11.6 Å². The number of carboxylic acids is 1. The van der Waals surface area contributed by atoms with E-state index in [-0.39, 0.29) is 18.3 Å². The molecule has 4 nitrogen and oxygen atoms in total. The SMILES string of the molecule is CC(C)CCC[C@@H](C)[C@H]1CCC2C3CC=C4C[C@@H](OCC[S+]([O-])CCC(=O)O)CC[C@]4(C)C3CC[C@@]21C. The molecule has 5 heteroatoms. The van der Waals surface area contributed by atoms with Gasteiger partial charge in [-0.25, -0.2) is 0 Å². The molecule has 0 aliphatic heterocycles. The van der Waals surface area contributed by atoms with Crippen LogP contribution in [0.3, 0.4) is 0 Å². The van der Waals surface area contributed by atoms with E-state index in [1.54, 1.807) is 5.57 Å². The molecule has 1 N–H and O–H groups in total. The Kier molecular flexibility index (Phi) is 9.82. The number of hydrogen-bond donors (Lipinski definition) is 1. The molecular weight excluding hydrogens is 480 g/mol. The van der Waals surface area contributed by atoms with Crippen molar-refractivity contribution < 1.29 is 19.2 Å². The molecule has 0 aromatic rings. The highest BCUT2D eigenvalue weighted by Gasteiger charge is 2.59. The van der Waals surface area contributed by atoms with Crippen LogP contribution in [0.2, 0.25) is 0 Å². The number of carboxylic acid groups (broad SMARTS) is 1. The fourth-order valence-corrected chi connectivity index (χ4v) is 10.3. The average Bonchev–Trinajstić information content (AvgIpc) is 3.20. The molecule has 0 aromatic heterocycles. The van der Waals surface area contributed by atoms with Gasteiger partial charge in [-0.05, 0) is 97.7 Å². The first-order valence-corrected chi connectivity index (χ1v) is 16.9. The molecule has 0 saturated heterocycles. The highest BCUT2D eigenvalue weighted by atomic mass is 32.2. The predicted octanol–water partition coefficient (Wildman–Crippen LogP) is 7.64. The van der Waals surface area contributed by atoms with E-state index in [4.69, 9.17) is 9.84 Å². The van der Waals surface area contributed by atoms with E-state index in [1.165, 1.54) is 57.8 Å². The average molecular weight is 535 g/mol. The highest BCUT2D eigenvalue weighted by molar-refractivity contribution is 7.91. The second-order valence-corrected chi connectivity index (χ2v) is 15.7. The zero-order valence-corrected chi connectivity index (χ0v) is 25.1. The summed E-state index contributed by atoms with van der Waals surface area (Å²) < 4.78 is 18.2. The number of hydrogen-bond acceptors (Lipinski definition) is 3. The molecule has 0 spiro atoms. The summed E-state index contributed by atoms with van der Waals surface area (Å²) in [7, 11) is 0. The summed E-state index contributed by atoms with van der Waals surface area (Å²) in [5, 5.41) is 8.79. The number of rotatable bonds is 12. The van der Waals surface area contributed by atoms with Gasteiger partial charge in [0.25, 0.3) is 0 Å². The normalized spacial score (nSPS) is 38.9. The number of carbonyl (C=O) groups is 1. The molecular formula is C32H54O4S. The van der Waals surface area contributed by atoms with Crippen LogP contribution in [0.4, 0.5) is 0 Å². The van der Waals surface area contributed by atoms with Gasteiger partial charge in [0, 0.05) is 0 Å². The van der Waals surface area contributed by atoms with Gasteiger partial charge in [0.1, 0.15) is 11.5 Å². The Morgan fingerprint density at radius 3 is 2.62 bits per heavy atom. The molecule has 4 aliphatic carbocycles. The van der Waals surface area contributed by atoms with Crippen molar-refractivity contribution >= 4 is 17.1 Å². The van der Waals surface area contributed by atoms with E-state index in [9.17, 15) is 9.35 Å². The van der Waals surface area contributed by atoms with Gasteiger partial charge < -0.3 is 14.4 Å². The van der Waals surface area contributed by atoms with E-state index in [0.29, 0.717) is 23.2 Å². The van der Waals surface area contributed by atoms with Gasteiger partial charge in [-0.1, -0.05) is 76.7 Å². The lowest BCUT2D eigenvalue weighted by atomic mass is 9.47. The molecule has 0 amide bonds. The summed E-state index contributed by atoms with van der Waals surface area (Å²) >= 11 is -1.10. The molecule has 37 heavy (non-hydrogen) atoms. The van der Waals surface area contributed by atoms with Crippen molar-refractivity contribution in [3.63, 3.8) is 0 Å². The molecule has 0 radical (unpaired) electrons. The largest absolute Gasteiger partial charge is 0.616 e. The summed E-state index contributed by atoms with van der Waals surface area (Å²) in [6, 6.07) is 0. The Hall–Kier alpha value is -0.520. The lowest BCUT2D eigenvalue weighted by molar-refractivity contribution is -0.136. The highest BCUT2D eigenvalue weighted by Crippen LogP contribution is 2.67. The standard InChI is InChI=1S/C32H54O4S/c1-22(2)7-6-8-23(3)27-11-12-28-26-10-9-24-21-25(36-18-20-37(35)19-15-30(33)34)13-16-31(24,4)29(26)14-17-32(27,28)5/h9,22-23,25-29H,6-8,10-21H2,1-5H3,(H,33,34)/t23-,25+,26?,27-,28?,29?,31+,32-,37?/m1/s1. The second-order valence-electron chi connectivity index (χ2n) is 14.0. The van der Waals surface area contributed by atoms with E-state index in [1.807, 2.05) is 0 Å². The van der Waals surface area contributed by atoms with Crippen molar-refractivity contribution in [3.8, 4) is 0 Å². The van der Waals surface area contributed by atoms with Crippen molar-refractivity contribution in [2.24, 2.45) is 46.3 Å². The second kappa shape index (κ2) is 12.3. The smallest absolute Gasteiger partial charge is 0.308 e. The number of allylic oxidation sites excluding steroid dienone is 1. The molecule has 4 aliphatic rings. The molecule has 0 heterocycles. The third-order valence-corrected chi connectivity index (χ3v) is 12.7. The van der Waals surface area contributed by atoms with Gasteiger partial charge in [0.15, 0.2) is 0 Å². The quantitative estimate of drug-likeness (QED) is 0.206. The van der Waals surface area contributed by atoms with Crippen LogP contribution in [-0.4, -0.2) is 39.8 Å². The fourth-order valence-electron chi connectivity index (χ4n) is 9.41. The lowest BCUT2D eigenvalue weighted by Crippen LogP contribution is -2.51. The Labute approximate surface area is 230 Å². The Morgan fingerprint density at radius 1 is 1.11 bits per heavy atom. The van der Waals surface area contributed by atoms with Crippen LogP contribution in [0.5, 0.6) is 0 Å². The van der Waals surface area contributed by atoms with E-state index in [0.717, 1.165) is 48.3 Å². The van der Waals surface area contributed by atoms with Crippen molar-refractivity contribution in [1.29, 1.82) is 0 Å². The minimum absolute atomic E-state index is 0.0261. The molecule has 0 aromatic carbocycles. The van der Waals surface area contributed by atoms with Crippen LogP contribution >= 0.6 is 0 Å². The van der Waals surface area contributed by atoms with Gasteiger partial charge in [0.2, 0.25) is 0 Å². The third kappa shape index (κ3) is 6.46. The minimum Gasteiger partial charge on any atom is -0.616 e. The fraction of sp³-hybridized carbons (Fsp3) is 0.906. The topological polar surface area (TPSA) is 69.6 Å². The molecule has 212 valence electrons. The maximum absolute atomic E-state index is 12.0. The van der Waals surface area contributed by atoms with Crippen molar-refractivity contribution in [3.05, 3.63) is 11.6 Å². The third-order valence-electron chi connectivity index (χ3n) is 11.5. The lowest BCUT2D eigenvalue weighted by Gasteiger charge is -2.58. The summed E-state index contributed by atoms with van der Waals surface area (Å²) in [5.74, 6) is 4.97. The zero-order chi connectivity index (χ0) is 26.8. The first-order valence-electron chi connectivity index (χ1n) is 15.4. The van der Waals surface area contributed by atoms with Gasteiger partial charge in [-0.3, -0.25) is 4.79 Å². The molecule has 3 fully saturated rings. The van der Waals surface area contributed by atoms with Gasteiger partial charge >= 0.3 is 5.97 Å². The van der Waals surface area contributed by atoms with Crippen molar-refractivity contribution in [2.45, 2.75) is 118 Å². The molecule has 3 saturated carbocycles. The minimum atomic E-state index is -1.10. The van der Waals surface area contributed by atoms with Gasteiger partial charge in [-0.15, -0.1) is 0 Å². The van der Waals surface area contributed by atoms with E-state index in [2.05, 4.69) is 40.7 Å². The Bertz CT molecular complexity index is 811. The molecule has 9 atom stereocenters. The predicted molar refractivity (Wildman–Crippen MR) is 153 cm³/mol. The maximum Gasteiger partial charge on any atom is 0.308 e. The zero-order valence-electron chi connectivity index (χ0n) is 24.3. The molecule has 4 unspecified atom stereocenters. The van der Waals surface area contributed by atoms with Crippen LogP contribution < -0.4 is 0 Å². The van der Waals surface area contributed by atoms with Crippen molar-refractivity contribution in [2.75, 3.05) is 18.1 Å². The summed E-state index contributed by atoms with van der Waals surface area (Å²) in [6.45, 7) is 13.0. The van der Waals surface area contributed by atoms with Gasteiger partial charge in [0.05, 0.1) is 19.1 Å². The van der Waals surface area contributed by atoms with Crippen LogP contribution in [-0.2, 0) is 20.7 Å². The monoisotopic (exact) mass is 534 g/mol. The Morgan fingerprint density at radius 2 is 1.89 bits per heavy atom. The van der Waals surface area contributed by atoms with Crippen LogP contribution in [0.25, 0.3) is 0 Å². The van der Waals surface area contributed by atoms with E-state index >= 15 is 0 Å². The maximum atomic E-state index is 12.0. The first kappa shape index (κ1) is 29.5. The number of ether oxygens (including phenoxy) is 1. The van der Waals surface area contributed by atoms with Gasteiger partial charge in [-0.2, -0.15) is 0 Å². The number of fused-ring (bicyclic) bond motifs is 5. The summed E-state index contributed by atoms with van der Waals surface area (Å²) in [6.07, 6.45) is 17.3. The van der Waals surface area contributed by atoms with Crippen LogP contribution in [0.1, 0.15) is 112 Å².